The average Bonchev–Trinajstić information content (AvgIpc) is 3.08. The minimum atomic E-state index is -0.694. The van der Waals surface area contributed by atoms with Crippen LogP contribution in [0, 0.1) is 10.1 Å². The van der Waals surface area contributed by atoms with Gasteiger partial charge in [-0.1, -0.05) is 12.1 Å². The van der Waals surface area contributed by atoms with E-state index in [1.807, 2.05) is 0 Å². The molecule has 1 saturated heterocycles. The third-order valence-corrected chi connectivity index (χ3v) is 5.86. The molecule has 1 fully saturated rings. The molecule has 3 aliphatic rings. The van der Waals surface area contributed by atoms with Crippen LogP contribution >= 0.6 is 0 Å². The van der Waals surface area contributed by atoms with Crippen LogP contribution in [0.3, 0.4) is 0 Å². The van der Waals surface area contributed by atoms with Gasteiger partial charge in [-0.2, -0.15) is 0 Å². The summed E-state index contributed by atoms with van der Waals surface area (Å²) in [6, 6.07) is 5.05. The largest absolute Gasteiger partial charge is 0.379 e. The minimum absolute atomic E-state index is 0.0735. The first kappa shape index (κ1) is 20.3. The monoisotopic (exact) mass is 415 g/mol. The van der Waals surface area contributed by atoms with Gasteiger partial charge in [0.15, 0.2) is 0 Å². The molecule has 3 amide bonds. The summed E-state index contributed by atoms with van der Waals surface area (Å²) in [6.07, 6.45) is 0.832. The standard InChI is InChI=1S/C20H25N5O5/c1-22-16-13-24(7-3-6-23-8-10-30-11-9-23)19(26)17(16)18(21-20(22)27)14-4-2-5-15(12-14)25(28)29/h2,4-5,12,18H,3,6-11,13H2,1H3,(H,21,27)/t18-/m1/s1. The van der Waals surface area contributed by atoms with Crippen molar-refractivity contribution in [2.24, 2.45) is 0 Å². The van der Waals surface area contributed by atoms with Gasteiger partial charge in [0.25, 0.3) is 11.6 Å². The maximum atomic E-state index is 13.2. The molecule has 30 heavy (non-hydrogen) atoms. The molecular formula is C20H25N5O5. The summed E-state index contributed by atoms with van der Waals surface area (Å²) in [7, 11) is 1.64. The third-order valence-electron chi connectivity index (χ3n) is 5.86. The Balaban J connectivity index is 1.50. The van der Waals surface area contributed by atoms with Gasteiger partial charge in [0.1, 0.15) is 0 Å². The molecule has 1 atom stereocenters. The first-order chi connectivity index (χ1) is 14.5. The van der Waals surface area contributed by atoms with E-state index in [-0.39, 0.29) is 17.6 Å². The highest BCUT2D eigenvalue weighted by molar-refractivity contribution is 6.01. The van der Waals surface area contributed by atoms with Crippen LogP contribution in [0.4, 0.5) is 10.5 Å². The molecule has 4 rings (SSSR count). The van der Waals surface area contributed by atoms with Gasteiger partial charge < -0.3 is 15.0 Å². The van der Waals surface area contributed by atoms with Gasteiger partial charge in [-0.3, -0.25) is 24.7 Å². The SMILES string of the molecule is CN1C(=O)N[C@H](c2cccc([N+](=O)[O-])c2)C2=C1CN(CCCN1CCOCC1)C2=O. The topological polar surface area (TPSA) is 108 Å². The lowest BCUT2D eigenvalue weighted by molar-refractivity contribution is -0.384. The highest BCUT2D eigenvalue weighted by Gasteiger charge is 2.42. The number of nitro groups is 1. The first-order valence-electron chi connectivity index (χ1n) is 10.1. The average molecular weight is 415 g/mol. The van der Waals surface area contributed by atoms with Gasteiger partial charge in [-0.05, 0) is 12.0 Å². The fourth-order valence-corrected chi connectivity index (χ4v) is 4.18. The van der Waals surface area contributed by atoms with E-state index in [4.69, 9.17) is 4.74 Å². The zero-order chi connectivity index (χ0) is 21.3. The van der Waals surface area contributed by atoms with Crippen LogP contribution in [0.2, 0.25) is 0 Å². The van der Waals surface area contributed by atoms with Crippen LogP contribution < -0.4 is 5.32 Å². The molecule has 0 spiro atoms. The maximum Gasteiger partial charge on any atom is 0.322 e. The third kappa shape index (κ3) is 3.88. The van der Waals surface area contributed by atoms with E-state index < -0.39 is 11.0 Å². The van der Waals surface area contributed by atoms with E-state index in [0.717, 1.165) is 39.3 Å². The second-order valence-corrected chi connectivity index (χ2v) is 7.69. The molecule has 0 saturated carbocycles. The van der Waals surface area contributed by atoms with E-state index in [1.54, 1.807) is 24.1 Å². The number of amides is 3. The van der Waals surface area contributed by atoms with Crippen molar-refractivity contribution in [1.82, 2.24) is 20.0 Å². The van der Waals surface area contributed by atoms with E-state index in [9.17, 15) is 19.7 Å². The fourth-order valence-electron chi connectivity index (χ4n) is 4.18. The van der Waals surface area contributed by atoms with Crippen LogP contribution in [-0.4, -0.2) is 84.5 Å². The quantitative estimate of drug-likeness (QED) is 0.551. The van der Waals surface area contributed by atoms with Gasteiger partial charge in [0.2, 0.25) is 0 Å². The van der Waals surface area contributed by atoms with Crippen molar-refractivity contribution in [1.29, 1.82) is 0 Å². The Hall–Kier alpha value is -2.98. The van der Waals surface area contributed by atoms with Crippen molar-refractivity contribution in [3.63, 3.8) is 0 Å². The summed E-state index contributed by atoms with van der Waals surface area (Å²) in [6.45, 7) is 5.13. The Kier molecular flexibility index (Phi) is 5.69. The van der Waals surface area contributed by atoms with Crippen molar-refractivity contribution in [3.05, 3.63) is 51.2 Å². The van der Waals surface area contributed by atoms with E-state index in [2.05, 4.69) is 10.2 Å². The Morgan fingerprint density at radius 2 is 2.00 bits per heavy atom. The van der Waals surface area contributed by atoms with Crippen molar-refractivity contribution < 1.29 is 19.2 Å². The number of morpholine rings is 1. The molecular weight excluding hydrogens is 390 g/mol. The molecule has 1 aromatic rings. The normalized spacial score (nSPS) is 22.4. The van der Waals surface area contributed by atoms with Gasteiger partial charge in [0.05, 0.1) is 42.0 Å². The molecule has 10 nitrogen and oxygen atoms in total. The molecule has 1 N–H and O–H groups in total. The number of ether oxygens (including phenoxy) is 1. The number of benzene rings is 1. The van der Waals surface area contributed by atoms with Gasteiger partial charge in [-0.15, -0.1) is 0 Å². The number of nitrogens with zero attached hydrogens (tertiary/aromatic N) is 4. The van der Waals surface area contributed by atoms with Crippen LogP contribution in [0.25, 0.3) is 0 Å². The highest BCUT2D eigenvalue weighted by Crippen LogP contribution is 2.36. The molecule has 0 aromatic heterocycles. The van der Waals surface area contributed by atoms with Crippen molar-refractivity contribution in [2.45, 2.75) is 12.5 Å². The number of carbonyl (C=O) groups excluding carboxylic acids is 2. The number of nitrogens with one attached hydrogen (secondary N) is 1. The second kappa shape index (κ2) is 8.41. The summed E-state index contributed by atoms with van der Waals surface area (Å²) in [5.41, 5.74) is 1.60. The predicted octanol–water partition coefficient (Wildman–Crippen LogP) is 1.11. The molecule has 1 aromatic carbocycles. The first-order valence-corrected chi connectivity index (χ1v) is 10.1. The smallest absolute Gasteiger partial charge is 0.322 e. The molecule has 160 valence electrons. The summed E-state index contributed by atoms with van der Waals surface area (Å²) in [5.74, 6) is -0.129. The molecule has 0 aliphatic carbocycles. The molecule has 3 heterocycles. The van der Waals surface area contributed by atoms with Crippen molar-refractivity contribution in [2.75, 3.05) is 53.0 Å². The number of non-ortho nitro benzene ring substituents is 1. The van der Waals surface area contributed by atoms with Crippen LogP contribution in [0.1, 0.15) is 18.0 Å². The molecule has 3 aliphatic heterocycles. The summed E-state index contributed by atoms with van der Waals surface area (Å²) < 4.78 is 5.36. The Bertz CT molecular complexity index is 895. The van der Waals surface area contributed by atoms with E-state index >= 15 is 0 Å². The highest BCUT2D eigenvalue weighted by atomic mass is 16.6. The second-order valence-electron chi connectivity index (χ2n) is 7.69. The lowest BCUT2D eigenvalue weighted by atomic mass is 9.95. The Morgan fingerprint density at radius 3 is 2.73 bits per heavy atom. The zero-order valence-corrected chi connectivity index (χ0v) is 16.9. The summed E-state index contributed by atoms with van der Waals surface area (Å²) in [4.78, 5) is 41.9. The van der Waals surface area contributed by atoms with Gasteiger partial charge in [-0.25, -0.2) is 4.79 Å². The van der Waals surface area contributed by atoms with Crippen molar-refractivity contribution >= 4 is 17.6 Å². The van der Waals surface area contributed by atoms with Crippen LogP contribution in [-0.2, 0) is 9.53 Å². The molecule has 0 bridgehead atoms. The number of nitro benzene ring substituents is 1. The lowest BCUT2D eigenvalue weighted by Gasteiger charge is -2.31. The number of rotatable bonds is 6. The van der Waals surface area contributed by atoms with E-state index in [1.165, 1.54) is 17.0 Å². The van der Waals surface area contributed by atoms with Crippen molar-refractivity contribution in [3.8, 4) is 0 Å². The number of hydrogen-bond acceptors (Lipinski definition) is 6. The summed E-state index contributed by atoms with van der Waals surface area (Å²) >= 11 is 0. The van der Waals surface area contributed by atoms with Gasteiger partial charge in [0, 0.05) is 45.4 Å². The molecule has 10 heteroatoms. The fraction of sp³-hybridized carbons (Fsp3) is 0.500. The lowest BCUT2D eigenvalue weighted by Crippen LogP contribution is -2.45. The van der Waals surface area contributed by atoms with Gasteiger partial charge >= 0.3 is 6.03 Å². The number of likely N-dealkylation sites (N-methyl/N-ethyl adjacent to an activating group) is 1. The Morgan fingerprint density at radius 1 is 1.23 bits per heavy atom. The Labute approximate surface area is 174 Å². The van der Waals surface area contributed by atoms with Crippen LogP contribution in [0.5, 0.6) is 0 Å². The molecule has 0 unspecified atom stereocenters. The summed E-state index contributed by atoms with van der Waals surface area (Å²) in [5, 5.41) is 14.0. The maximum absolute atomic E-state index is 13.2. The number of urea groups is 1. The number of carbonyl (C=O) groups is 2. The minimum Gasteiger partial charge on any atom is -0.379 e. The van der Waals surface area contributed by atoms with Crippen LogP contribution in [0.15, 0.2) is 35.5 Å². The molecule has 0 radical (unpaired) electrons. The number of hydrogen-bond donors (Lipinski definition) is 1. The zero-order valence-electron chi connectivity index (χ0n) is 16.9. The predicted molar refractivity (Wildman–Crippen MR) is 108 cm³/mol. The van der Waals surface area contributed by atoms with E-state index in [0.29, 0.717) is 29.9 Å².